The Labute approximate surface area is 118 Å². The number of aldehydes is 1. The number of phenols is 1. The highest BCUT2D eigenvalue weighted by atomic mass is 127. The number of rotatable bonds is 4. The molecular formula is C13H13IO4. The molecule has 0 amide bonds. The molecule has 1 unspecified atom stereocenters. The minimum absolute atomic E-state index is 0.151. The Morgan fingerprint density at radius 1 is 1.44 bits per heavy atom. The summed E-state index contributed by atoms with van der Waals surface area (Å²) in [6.45, 7) is 3.54. The van der Waals surface area contributed by atoms with Crippen molar-refractivity contribution in [3.8, 4) is 5.75 Å². The number of allylic oxidation sites excluding steroid dienone is 1. The molecule has 0 saturated heterocycles. The summed E-state index contributed by atoms with van der Waals surface area (Å²) in [7, 11) is 0. The van der Waals surface area contributed by atoms with Crippen molar-refractivity contribution in [2.75, 3.05) is 0 Å². The van der Waals surface area contributed by atoms with Crippen LogP contribution in [0.15, 0.2) is 21.8 Å². The molecular weight excluding hydrogens is 347 g/mol. The topological polar surface area (TPSA) is 74.6 Å². The molecule has 0 spiro atoms. The number of phenolic OH excluding ortho intramolecular Hbond substituents is 1. The third-order valence-corrected chi connectivity index (χ3v) is 3.90. The van der Waals surface area contributed by atoms with Gasteiger partial charge in [0.05, 0.1) is 3.58 Å². The number of benzene rings is 1. The zero-order chi connectivity index (χ0) is 13.9. The molecule has 0 bridgehead atoms. The lowest BCUT2D eigenvalue weighted by Gasteiger charge is -2.10. The zero-order valence-corrected chi connectivity index (χ0v) is 12.1. The van der Waals surface area contributed by atoms with Gasteiger partial charge in [0.15, 0.2) is 12.4 Å². The number of Topliss-reactive ketones (excluding diaryl/α,β-unsaturated/α-hetero) is 1. The van der Waals surface area contributed by atoms with Gasteiger partial charge in [0.25, 0.3) is 0 Å². The van der Waals surface area contributed by atoms with E-state index in [0.717, 1.165) is 11.1 Å². The molecule has 5 heteroatoms. The average molecular weight is 360 g/mol. The molecule has 1 aromatic rings. The SMILES string of the molecule is C/C(=C(/I)C(=O)C(O)C=O)c1ccc(O)cc1C. The van der Waals surface area contributed by atoms with Gasteiger partial charge in [0.2, 0.25) is 5.78 Å². The van der Waals surface area contributed by atoms with E-state index in [-0.39, 0.29) is 12.0 Å². The van der Waals surface area contributed by atoms with Gasteiger partial charge in [0.1, 0.15) is 5.75 Å². The number of carbonyl (C=O) groups excluding carboxylic acids is 2. The molecule has 0 aromatic heterocycles. The van der Waals surface area contributed by atoms with Crippen LogP contribution in [0.3, 0.4) is 0 Å². The van der Waals surface area contributed by atoms with E-state index in [1.165, 1.54) is 6.07 Å². The second kappa shape index (κ2) is 6.10. The maximum atomic E-state index is 11.7. The number of ketones is 1. The Balaban J connectivity index is 3.22. The third-order valence-electron chi connectivity index (χ3n) is 2.56. The van der Waals surface area contributed by atoms with Gasteiger partial charge in [-0.25, -0.2) is 0 Å². The van der Waals surface area contributed by atoms with Gasteiger partial charge >= 0.3 is 0 Å². The molecule has 2 N–H and O–H groups in total. The smallest absolute Gasteiger partial charge is 0.204 e. The summed E-state index contributed by atoms with van der Waals surface area (Å²) in [5.41, 5.74) is 2.28. The fraction of sp³-hybridized carbons (Fsp3) is 0.231. The molecule has 4 nitrogen and oxygen atoms in total. The molecule has 0 aliphatic heterocycles. The first-order valence-electron chi connectivity index (χ1n) is 5.22. The van der Waals surface area contributed by atoms with E-state index in [1.807, 2.05) is 29.5 Å². The van der Waals surface area contributed by atoms with Crippen LogP contribution in [-0.4, -0.2) is 28.4 Å². The first-order valence-corrected chi connectivity index (χ1v) is 6.30. The fourth-order valence-electron chi connectivity index (χ4n) is 1.56. The van der Waals surface area contributed by atoms with E-state index in [0.29, 0.717) is 9.15 Å². The minimum atomic E-state index is -1.62. The first kappa shape index (κ1) is 14.8. The summed E-state index contributed by atoms with van der Waals surface area (Å²) in [4.78, 5) is 22.1. The Morgan fingerprint density at radius 3 is 2.56 bits per heavy atom. The van der Waals surface area contributed by atoms with Crippen molar-refractivity contribution < 1.29 is 19.8 Å². The van der Waals surface area contributed by atoms with Gasteiger partial charge in [-0.1, -0.05) is 6.07 Å². The maximum absolute atomic E-state index is 11.7. The van der Waals surface area contributed by atoms with Crippen molar-refractivity contribution in [3.05, 3.63) is 32.9 Å². The van der Waals surface area contributed by atoms with Crippen LogP contribution in [0.2, 0.25) is 0 Å². The summed E-state index contributed by atoms with van der Waals surface area (Å²) < 4.78 is 0.306. The molecule has 1 atom stereocenters. The van der Waals surface area contributed by atoms with E-state index in [2.05, 4.69) is 0 Å². The number of aliphatic hydroxyl groups is 1. The van der Waals surface area contributed by atoms with Crippen LogP contribution in [0.1, 0.15) is 18.1 Å². The van der Waals surface area contributed by atoms with Gasteiger partial charge in [-0.3, -0.25) is 9.59 Å². The quantitative estimate of drug-likeness (QED) is 0.373. The molecule has 1 aromatic carbocycles. The normalized spacial score (nSPS) is 13.8. The molecule has 0 fully saturated rings. The van der Waals surface area contributed by atoms with Gasteiger partial charge in [-0.2, -0.15) is 0 Å². The number of carbonyl (C=O) groups is 2. The summed E-state index contributed by atoms with van der Waals surface area (Å²) in [5.74, 6) is -0.464. The van der Waals surface area contributed by atoms with Crippen LogP contribution < -0.4 is 0 Å². The Bertz CT molecular complexity index is 520. The van der Waals surface area contributed by atoms with Crippen molar-refractivity contribution in [3.63, 3.8) is 0 Å². The van der Waals surface area contributed by atoms with Crippen molar-refractivity contribution >= 4 is 40.2 Å². The van der Waals surface area contributed by atoms with E-state index in [1.54, 1.807) is 19.1 Å². The van der Waals surface area contributed by atoms with Gasteiger partial charge in [-0.05, 0) is 65.3 Å². The van der Waals surface area contributed by atoms with Crippen LogP contribution in [0.5, 0.6) is 5.75 Å². The summed E-state index contributed by atoms with van der Waals surface area (Å²) in [6, 6.07) is 4.80. The highest BCUT2D eigenvalue weighted by Gasteiger charge is 2.19. The van der Waals surface area contributed by atoms with Gasteiger partial charge < -0.3 is 10.2 Å². The lowest BCUT2D eigenvalue weighted by atomic mass is 10.00. The predicted molar refractivity (Wildman–Crippen MR) is 76.5 cm³/mol. The van der Waals surface area contributed by atoms with E-state index in [4.69, 9.17) is 0 Å². The Hall–Kier alpha value is -1.21. The van der Waals surface area contributed by atoms with Crippen LogP contribution in [-0.2, 0) is 9.59 Å². The maximum Gasteiger partial charge on any atom is 0.204 e. The number of aryl methyl sites for hydroxylation is 1. The van der Waals surface area contributed by atoms with Crippen LogP contribution in [0, 0.1) is 6.92 Å². The number of aromatic hydroxyl groups is 1. The molecule has 96 valence electrons. The predicted octanol–water partition coefficient (Wildman–Crippen LogP) is 2.00. The molecule has 18 heavy (non-hydrogen) atoms. The number of halogens is 1. The largest absolute Gasteiger partial charge is 0.508 e. The minimum Gasteiger partial charge on any atom is -0.508 e. The molecule has 1 rings (SSSR count). The average Bonchev–Trinajstić information content (AvgIpc) is 2.35. The lowest BCUT2D eigenvalue weighted by Crippen LogP contribution is -2.22. The third kappa shape index (κ3) is 3.17. The van der Waals surface area contributed by atoms with E-state index in [9.17, 15) is 19.8 Å². The highest BCUT2D eigenvalue weighted by molar-refractivity contribution is 14.1. The first-order chi connectivity index (χ1) is 8.38. The summed E-state index contributed by atoms with van der Waals surface area (Å²) >= 11 is 1.81. The molecule has 0 heterocycles. The van der Waals surface area contributed by atoms with Crippen LogP contribution in [0.4, 0.5) is 0 Å². The lowest BCUT2D eigenvalue weighted by molar-refractivity contribution is -0.129. The second-order valence-electron chi connectivity index (χ2n) is 3.88. The Morgan fingerprint density at radius 2 is 2.06 bits per heavy atom. The monoisotopic (exact) mass is 360 g/mol. The number of aliphatic hydroxyl groups excluding tert-OH is 1. The summed E-state index contributed by atoms with van der Waals surface area (Å²) in [6.07, 6.45) is -1.41. The second-order valence-corrected chi connectivity index (χ2v) is 4.96. The van der Waals surface area contributed by atoms with Crippen molar-refractivity contribution in [1.29, 1.82) is 0 Å². The van der Waals surface area contributed by atoms with Gasteiger partial charge in [-0.15, -0.1) is 0 Å². The molecule has 0 aliphatic carbocycles. The van der Waals surface area contributed by atoms with Crippen LogP contribution >= 0.6 is 22.6 Å². The van der Waals surface area contributed by atoms with Gasteiger partial charge in [0, 0.05) is 0 Å². The van der Waals surface area contributed by atoms with Crippen molar-refractivity contribution in [2.45, 2.75) is 20.0 Å². The highest BCUT2D eigenvalue weighted by Crippen LogP contribution is 2.28. The van der Waals surface area contributed by atoms with Crippen molar-refractivity contribution in [1.82, 2.24) is 0 Å². The van der Waals surface area contributed by atoms with Crippen molar-refractivity contribution in [2.24, 2.45) is 0 Å². The fourth-order valence-corrected chi connectivity index (χ4v) is 2.17. The van der Waals surface area contributed by atoms with E-state index >= 15 is 0 Å². The van der Waals surface area contributed by atoms with E-state index < -0.39 is 11.9 Å². The molecule has 0 saturated carbocycles. The summed E-state index contributed by atoms with van der Waals surface area (Å²) in [5, 5.41) is 18.5. The Kier molecular flexibility index (Phi) is 5.03. The molecule has 0 radical (unpaired) electrons. The van der Waals surface area contributed by atoms with Crippen LogP contribution in [0.25, 0.3) is 5.57 Å². The number of hydrogen-bond acceptors (Lipinski definition) is 4. The number of hydrogen-bond donors (Lipinski definition) is 2. The molecule has 0 aliphatic rings. The standard InChI is InChI=1S/C13H13IO4/c1-7-5-9(16)3-4-10(7)8(2)12(14)13(18)11(17)6-15/h3-6,11,16-17H,1-2H3/b12-8-. The zero-order valence-electron chi connectivity index (χ0n) is 9.98.